The summed E-state index contributed by atoms with van der Waals surface area (Å²) in [5.74, 6) is 0. The summed E-state index contributed by atoms with van der Waals surface area (Å²) in [6.07, 6.45) is -3.92. The Morgan fingerprint density at radius 3 is 2.59 bits per heavy atom. The third kappa shape index (κ3) is 3.77. The van der Waals surface area contributed by atoms with Crippen molar-refractivity contribution in [2.75, 3.05) is 11.9 Å². The van der Waals surface area contributed by atoms with Crippen LogP contribution in [0, 0.1) is 25.2 Å². The topological polar surface area (TPSA) is 48.7 Å². The van der Waals surface area contributed by atoms with Crippen LogP contribution in [-0.4, -0.2) is 11.5 Å². The highest BCUT2D eigenvalue weighted by Crippen LogP contribution is 2.35. The molecule has 1 heterocycles. The van der Waals surface area contributed by atoms with E-state index in [1.807, 2.05) is 19.9 Å². The summed E-state index contributed by atoms with van der Waals surface area (Å²) in [7, 11) is 0. The van der Waals surface area contributed by atoms with Crippen LogP contribution in [0.3, 0.4) is 0 Å². The number of aryl methyl sites for hydroxylation is 2. The summed E-state index contributed by atoms with van der Waals surface area (Å²) in [5.41, 5.74) is 0.299. The van der Waals surface area contributed by atoms with Crippen LogP contribution < -0.4 is 5.32 Å². The van der Waals surface area contributed by atoms with Crippen molar-refractivity contribution < 1.29 is 13.2 Å². The van der Waals surface area contributed by atoms with Crippen LogP contribution in [0.1, 0.15) is 26.7 Å². The Labute approximate surface area is 130 Å². The number of anilines is 1. The molecule has 0 fully saturated rings. The van der Waals surface area contributed by atoms with Crippen molar-refractivity contribution in [1.82, 2.24) is 4.98 Å². The number of nitrogens with one attached hydrogen (secondary N) is 1. The summed E-state index contributed by atoms with van der Waals surface area (Å²) in [6.45, 7) is 4.19. The molecule has 1 aromatic heterocycles. The quantitative estimate of drug-likeness (QED) is 0.911. The molecule has 2 rings (SSSR count). The molecule has 0 radical (unpaired) electrons. The first-order valence-electron chi connectivity index (χ1n) is 6.59. The SMILES string of the molecule is Cc1nc(CCNc2cc(C#N)ccc2C(F)(F)F)sc1C. The summed E-state index contributed by atoms with van der Waals surface area (Å²) < 4.78 is 38.9. The highest BCUT2D eigenvalue weighted by atomic mass is 32.1. The van der Waals surface area contributed by atoms with E-state index < -0.39 is 11.7 Å². The number of hydrogen-bond donors (Lipinski definition) is 1. The lowest BCUT2D eigenvalue weighted by atomic mass is 10.1. The molecule has 0 aliphatic heterocycles. The number of thiazole rings is 1. The fourth-order valence-electron chi connectivity index (χ4n) is 1.96. The zero-order chi connectivity index (χ0) is 16.3. The molecular weight excluding hydrogens is 311 g/mol. The first kappa shape index (κ1) is 16.3. The molecule has 1 aromatic carbocycles. The third-order valence-electron chi connectivity index (χ3n) is 3.18. The fourth-order valence-corrected chi connectivity index (χ4v) is 2.89. The van der Waals surface area contributed by atoms with E-state index in [0.717, 1.165) is 21.6 Å². The van der Waals surface area contributed by atoms with Gasteiger partial charge in [0.15, 0.2) is 0 Å². The number of alkyl halides is 3. The molecular formula is C15H14F3N3S. The maximum absolute atomic E-state index is 13.0. The van der Waals surface area contributed by atoms with Gasteiger partial charge in [0.05, 0.1) is 27.9 Å². The van der Waals surface area contributed by atoms with E-state index >= 15 is 0 Å². The predicted molar refractivity (Wildman–Crippen MR) is 79.9 cm³/mol. The minimum Gasteiger partial charge on any atom is -0.384 e. The number of rotatable bonds is 4. The molecule has 116 valence electrons. The molecule has 0 aliphatic carbocycles. The number of halogens is 3. The smallest absolute Gasteiger partial charge is 0.384 e. The summed E-state index contributed by atoms with van der Waals surface area (Å²) in [5, 5.41) is 12.5. The second-order valence-electron chi connectivity index (χ2n) is 4.80. The second kappa shape index (κ2) is 6.36. The third-order valence-corrected chi connectivity index (χ3v) is 4.31. The Bertz CT molecular complexity index is 694. The van der Waals surface area contributed by atoms with E-state index in [1.165, 1.54) is 12.1 Å². The minimum atomic E-state index is -4.45. The summed E-state index contributed by atoms with van der Waals surface area (Å²) in [6, 6.07) is 5.17. The van der Waals surface area contributed by atoms with Crippen LogP contribution in [0.25, 0.3) is 0 Å². The van der Waals surface area contributed by atoms with E-state index in [4.69, 9.17) is 5.26 Å². The molecule has 0 saturated carbocycles. The fraction of sp³-hybridized carbons (Fsp3) is 0.333. The van der Waals surface area contributed by atoms with Crippen LogP contribution >= 0.6 is 11.3 Å². The van der Waals surface area contributed by atoms with Crippen LogP contribution in [0.4, 0.5) is 18.9 Å². The minimum absolute atomic E-state index is 0.0726. The van der Waals surface area contributed by atoms with Crippen molar-refractivity contribution in [3.05, 3.63) is 44.9 Å². The van der Waals surface area contributed by atoms with Gasteiger partial charge in [0.25, 0.3) is 0 Å². The largest absolute Gasteiger partial charge is 0.418 e. The second-order valence-corrected chi connectivity index (χ2v) is 6.08. The van der Waals surface area contributed by atoms with Gasteiger partial charge in [0, 0.05) is 23.5 Å². The first-order chi connectivity index (χ1) is 10.3. The van der Waals surface area contributed by atoms with Gasteiger partial charge < -0.3 is 5.32 Å². The van der Waals surface area contributed by atoms with Crippen molar-refractivity contribution >= 4 is 17.0 Å². The Morgan fingerprint density at radius 2 is 2.05 bits per heavy atom. The molecule has 0 aliphatic rings. The zero-order valence-electron chi connectivity index (χ0n) is 12.1. The Hall–Kier alpha value is -2.07. The number of nitriles is 1. The molecule has 3 nitrogen and oxygen atoms in total. The normalized spacial score (nSPS) is 11.3. The Balaban J connectivity index is 2.12. The summed E-state index contributed by atoms with van der Waals surface area (Å²) >= 11 is 1.54. The van der Waals surface area contributed by atoms with Crippen molar-refractivity contribution in [2.24, 2.45) is 0 Å². The van der Waals surface area contributed by atoms with Gasteiger partial charge in [0.1, 0.15) is 0 Å². The lowest BCUT2D eigenvalue weighted by Gasteiger charge is -2.14. The molecule has 2 aromatic rings. The molecule has 0 bridgehead atoms. The monoisotopic (exact) mass is 325 g/mol. The first-order valence-corrected chi connectivity index (χ1v) is 7.41. The van der Waals surface area contributed by atoms with Gasteiger partial charge in [-0.1, -0.05) is 0 Å². The molecule has 0 atom stereocenters. The van der Waals surface area contributed by atoms with Gasteiger partial charge in [-0.15, -0.1) is 11.3 Å². The van der Waals surface area contributed by atoms with Crippen LogP contribution in [0.2, 0.25) is 0 Å². The molecule has 1 N–H and O–H groups in total. The van der Waals surface area contributed by atoms with Gasteiger partial charge in [-0.05, 0) is 32.0 Å². The van der Waals surface area contributed by atoms with Crippen molar-refractivity contribution in [3.63, 3.8) is 0 Å². The molecule has 22 heavy (non-hydrogen) atoms. The average molecular weight is 325 g/mol. The van der Waals surface area contributed by atoms with Gasteiger partial charge >= 0.3 is 6.18 Å². The lowest BCUT2D eigenvalue weighted by Crippen LogP contribution is -2.13. The van der Waals surface area contributed by atoms with Gasteiger partial charge in [0.2, 0.25) is 0 Å². The summed E-state index contributed by atoms with van der Waals surface area (Å²) in [4.78, 5) is 5.46. The van der Waals surface area contributed by atoms with Crippen molar-refractivity contribution in [1.29, 1.82) is 5.26 Å². The average Bonchev–Trinajstić information content (AvgIpc) is 2.76. The van der Waals surface area contributed by atoms with Gasteiger partial charge in [-0.25, -0.2) is 4.98 Å². The van der Waals surface area contributed by atoms with Gasteiger partial charge in [-0.2, -0.15) is 18.4 Å². The van der Waals surface area contributed by atoms with E-state index in [2.05, 4.69) is 10.3 Å². The highest BCUT2D eigenvalue weighted by molar-refractivity contribution is 7.11. The molecule has 0 spiro atoms. The zero-order valence-corrected chi connectivity index (χ0v) is 12.9. The number of hydrogen-bond acceptors (Lipinski definition) is 4. The number of nitrogens with zero attached hydrogens (tertiary/aromatic N) is 2. The Kier molecular flexibility index (Phi) is 4.71. The van der Waals surface area contributed by atoms with Gasteiger partial charge in [-0.3, -0.25) is 0 Å². The number of aromatic nitrogens is 1. The molecule has 0 unspecified atom stereocenters. The van der Waals surface area contributed by atoms with E-state index in [1.54, 1.807) is 11.3 Å². The van der Waals surface area contributed by atoms with Crippen LogP contribution in [0.5, 0.6) is 0 Å². The maximum atomic E-state index is 13.0. The molecule has 0 amide bonds. The van der Waals surface area contributed by atoms with E-state index in [-0.39, 0.29) is 11.3 Å². The molecule has 7 heteroatoms. The van der Waals surface area contributed by atoms with Crippen LogP contribution in [0.15, 0.2) is 18.2 Å². The maximum Gasteiger partial charge on any atom is 0.418 e. The predicted octanol–water partition coefficient (Wildman–Crippen LogP) is 4.31. The lowest BCUT2D eigenvalue weighted by molar-refractivity contribution is -0.136. The van der Waals surface area contributed by atoms with Crippen molar-refractivity contribution in [3.8, 4) is 6.07 Å². The van der Waals surface area contributed by atoms with Crippen molar-refractivity contribution in [2.45, 2.75) is 26.4 Å². The molecule has 0 saturated heterocycles. The Morgan fingerprint density at radius 1 is 1.32 bits per heavy atom. The van der Waals surface area contributed by atoms with Crippen LogP contribution in [-0.2, 0) is 12.6 Å². The standard InChI is InChI=1S/C15H14F3N3S/c1-9-10(2)22-14(21-9)5-6-20-13-7-11(8-19)3-4-12(13)15(16,17)18/h3-4,7,20H,5-6H2,1-2H3. The van der Waals surface area contributed by atoms with E-state index in [0.29, 0.717) is 13.0 Å². The number of benzene rings is 1. The highest BCUT2D eigenvalue weighted by Gasteiger charge is 2.33. The van der Waals surface area contributed by atoms with E-state index in [9.17, 15) is 13.2 Å².